The standard InChI is InChI=1S/C17H18N2O5S/c1-18-25(21,22)14-6-4-5-12(9-14)17(20)19-10-13-11-23-15-7-2-3-8-16(15)24-13/h2-9,13,18H,10-11H2,1H3,(H,19,20). The van der Waals surface area contributed by atoms with Crippen molar-refractivity contribution in [3.8, 4) is 11.5 Å². The quantitative estimate of drug-likeness (QED) is 0.833. The summed E-state index contributed by atoms with van der Waals surface area (Å²) in [7, 11) is -2.28. The first kappa shape index (κ1) is 17.2. The summed E-state index contributed by atoms with van der Waals surface area (Å²) in [5.41, 5.74) is 0.258. The van der Waals surface area contributed by atoms with E-state index in [9.17, 15) is 13.2 Å². The van der Waals surface area contributed by atoms with Crippen LogP contribution in [0.15, 0.2) is 53.4 Å². The molecule has 0 aliphatic carbocycles. The zero-order valence-electron chi connectivity index (χ0n) is 13.6. The molecule has 2 N–H and O–H groups in total. The summed E-state index contributed by atoms with van der Waals surface area (Å²) < 4.78 is 37.2. The number of hydrogen-bond acceptors (Lipinski definition) is 5. The smallest absolute Gasteiger partial charge is 0.251 e. The predicted octanol–water partition coefficient (Wildman–Crippen LogP) is 1.16. The fraction of sp³-hybridized carbons (Fsp3) is 0.235. The Kier molecular flexibility index (Phi) is 4.91. The molecule has 2 aromatic rings. The number of carbonyl (C=O) groups is 1. The lowest BCUT2D eigenvalue weighted by molar-refractivity contribution is 0.0789. The highest BCUT2D eigenvalue weighted by atomic mass is 32.2. The van der Waals surface area contributed by atoms with Crippen molar-refractivity contribution >= 4 is 15.9 Å². The number of para-hydroxylation sites is 2. The van der Waals surface area contributed by atoms with E-state index in [1.165, 1.54) is 25.2 Å². The summed E-state index contributed by atoms with van der Waals surface area (Å²) in [6, 6.07) is 13.2. The Morgan fingerprint density at radius 1 is 1.16 bits per heavy atom. The summed E-state index contributed by atoms with van der Waals surface area (Å²) in [6.07, 6.45) is -0.317. The van der Waals surface area contributed by atoms with Crippen molar-refractivity contribution in [2.24, 2.45) is 0 Å². The van der Waals surface area contributed by atoms with E-state index in [2.05, 4.69) is 10.0 Å². The van der Waals surface area contributed by atoms with Gasteiger partial charge in [-0.05, 0) is 37.4 Å². The van der Waals surface area contributed by atoms with Crippen LogP contribution in [0.1, 0.15) is 10.4 Å². The highest BCUT2D eigenvalue weighted by Crippen LogP contribution is 2.30. The van der Waals surface area contributed by atoms with Crippen LogP contribution in [-0.4, -0.2) is 40.6 Å². The van der Waals surface area contributed by atoms with Gasteiger partial charge in [0.2, 0.25) is 10.0 Å². The van der Waals surface area contributed by atoms with E-state index < -0.39 is 10.0 Å². The predicted molar refractivity (Wildman–Crippen MR) is 91.4 cm³/mol. The Morgan fingerprint density at radius 3 is 2.68 bits per heavy atom. The Labute approximate surface area is 146 Å². The van der Waals surface area contributed by atoms with Crippen LogP contribution in [0.25, 0.3) is 0 Å². The highest BCUT2D eigenvalue weighted by Gasteiger charge is 2.21. The molecular formula is C17H18N2O5S. The van der Waals surface area contributed by atoms with E-state index in [-0.39, 0.29) is 29.0 Å². The first-order valence-corrected chi connectivity index (χ1v) is 9.18. The third kappa shape index (κ3) is 3.92. The van der Waals surface area contributed by atoms with Crippen LogP contribution in [0.5, 0.6) is 11.5 Å². The van der Waals surface area contributed by atoms with Gasteiger partial charge in [0.1, 0.15) is 12.7 Å². The Balaban J connectivity index is 1.63. The molecule has 25 heavy (non-hydrogen) atoms. The average Bonchev–Trinajstić information content (AvgIpc) is 2.66. The van der Waals surface area contributed by atoms with Crippen molar-refractivity contribution in [1.29, 1.82) is 0 Å². The second kappa shape index (κ2) is 7.12. The summed E-state index contributed by atoms with van der Waals surface area (Å²) in [4.78, 5) is 12.3. The molecule has 0 fully saturated rings. The SMILES string of the molecule is CNS(=O)(=O)c1cccc(C(=O)NCC2COc3ccccc3O2)c1. The van der Waals surface area contributed by atoms with Crippen molar-refractivity contribution in [1.82, 2.24) is 10.0 Å². The van der Waals surface area contributed by atoms with E-state index in [0.717, 1.165) is 0 Å². The number of sulfonamides is 1. The van der Waals surface area contributed by atoms with Crippen LogP contribution in [0, 0.1) is 0 Å². The Morgan fingerprint density at radius 2 is 1.92 bits per heavy atom. The van der Waals surface area contributed by atoms with Crippen molar-refractivity contribution in [2.75, 3.05) is 20.2 Å². The molecule has 1 amide bonds. The Hall–Kier alpha value is -2.58. The Bertz CT molecular complexity index is 882. The lowest BCUT2D eigenvalue weighted by Gasteiger charge is -2.26. The first-order chi connectivity index (χ1) is 12.0. The maximum atomic E-state index is 12.3. The highest BCUT2D eigenvalue weighted by molar-refractivity contribution is 7.89. The molecule has 2 aromatic carbocycles. The van der Waals surface area contributed by atoms with Crippen LogP contribution in [0.3, 0.4) is 0 Å². The van der Waals surface area contributed by atoms with E-state index in [4.69, 9.17) is 9.47 Å². The molecule has 1 heterocycles. The second-order valence-corrected chi connectivity index (χ2v) is 7.33. The third-order valence-corrected chi connectivity index (χ3v) is 5.15. The maximum Gasteiger partial charge on any atom is 0.251 e. The van der Waals surface area contributed by atoms with Crippen molar-refractivity contribution in [3.05, 3.63) is 54.1 Å². The van der Waals surface area contributed by atoms with Gasteiger partial charge in [0.05, 0.1) is 11.4 Å². The van der Waals surface area contributed by atoms with Gasteiger partial charge in [0, 0.05) is 5.56 Å². The topological polar surface area (TPSA) is 93.7 Å². The number of rotatable bonds is 5. The number of benzene rings is 2. The molecule has 8 heteroatoms. The molecule has 1 atom stereocenters. The second-order valence-electron chi connectivity index (χ2n) is 5.44. The van der Waals surface area contributed by atoms with Gasteiger partial charge >= 0.3 is 0 Å². The number of carbonyl (C=O) groups excluding carboxylic acids is 1. The van der Waals surface area contributed by atoms with Gasteiger partial charge in [-0.2, -0.15) is 0 Å². The normalized spacial score (nSPS) is 16.3. The molecular weight excluding hydrogens is 344 g/mol. The zero-order chi connectivity index (χ0) is 17.9. The van der Waals surface area contributed by atoms with Gasteiger partial charge in [0.15, 0.2) is 11.5 Å². The molecule has 132 valence electrons. The van der Waals surface area contributed by atoms with E-state index in [1.54, 1.807) is 12.1 Å². The number of fused-ring (bicyclic) bond motifs is 1. The van der Waals surface area contributed by atoms with Crippen molar-refractivity contribution in [3.63, 3.8) is 0 Å². The van der Waals surface area contributed by atoms with Gasteiger partial charge in [-0.1, -0.05) is 18.2 Å². The lowest BCUT2D eigenvalue weighted by Crippen LogP contribution is -2.40. The lowest BCUT2D eigenvalue weighted by atomic mass is 10.2. The van der Waals surface area contributed by atoms with E-state index >= 15 is 0 Å². The van der Waals surface area contributed by atoms with Crippen LogP contribution in [0.4, 0.5) is 0 Å². The molecule has 7 nitrogen and oxygen atoms in total. The average molecular weight is 362 g/mol. The first-order valence-electron chi connectivity index (χ1n) is 7.70. The van der Waals surface area contributed by atoms with E-state index in [1.807, 2.05) is 18.2 Å². The van der Waals surface area contributed by atoms with Gasteiger partial charge < -0.3 is 14.8 Å². The van der Waals surface area contributed by atoms with Gasteiger partial charge in [-0.15, -0.1) is 0 Å². The van der Waals surface area contributed by atoms with Gasteiger partial charge in [-0.25, -0.2) is 13.1 Å². The minimum atomic E-state index is -3.60. The summed E-state index contributed by atoms with van der Waals surface area (Å²) >= 11 is 0. The number of hydrogen-bond donors (Lipinski definition) is 2. The number of amides is 1. The molecule has 0 spiro atoms. The number of ether oxygens (including phenoxy) is 2. The molecule has 1 aliphatic rings. The van der Waals surface area contributed by atoms with E-state index in [0.29, 0.717) is 18.1 Å². The molecule has 0 aromatic heterocycles. The molecule has 1 aliphatic heterocycles. The van der Waals surface area contributed by atoms with Crippen LogP contribution >= 0.6 is 0 Å². The fourth-order valence-corrected chi connectivity index (χ4v) is 3.17. The molecule has 0 saturated carbocycles. The maximum absolute atomic E-state index is 12.3. The minimum absolute atomic E-state index is 0.0360. The van der Waals surface area contributed by atoms with Crippen LogP contribution in [-0.2, 0) is 10.0 Å². The van der Waals surface area contributed by atoms with Crippen molar-refractivity contribution < 1.29 is 22.7 Å². The summed E-state index contributed by atoms with van der Waals surface area (Å²) in [5, 5.41) is 2.74. The monoisotopic (exact) mass is 362 g/mol. The molecule has 1 unspecified atom stereocenters. The van der Waals surface area contributed by atoms with Crippen LogP contribution in [0.2, 0.25) is 0 Å². The molecule has 0 radical (unpaired) electrons. The van der Waals surface area contributed by atoms with Crippen molar-refractivity contribution in [2.45, 2.75) is 11.0 Å². The number of nitrogens with one attached hydrogen (secondary N) is 2. The summed E-state index contributed by atoms with van der Waals surface area (Å²) in [6.45, 7) is 0.571. The molecule has 0 saturated heterocycles. The fourth-order valence-electron chi connectivity index (χ4n) is 2.39. The molecule has 0 bridgehead atoms. The summed E-state index contributed by atoms with van der Waals surface area (Å²) in [5.74, 6) is 0.931. The largest absolute Gasteiger partial charge is 0.486 e. The van der Waals surface area contributed by atoms with Crippen LogP contribution < -0.4 is 19.5 Å². The van der Waals surface area contributed by atoms with Gasteiger partial charge in [-0.3, -0.25) is 4.79 Å². The zero-order valence-corrected chi connectivity index (χ0v) is 14.4. The third-order valence-electron chi connectivity index (χ3n) is 3.73. The van der Waals surface area contributed by atoms with Gasteiger partial charge in [0.25, 0.3) is 5.91 Å². The molecule has 3 rings (SSSR count). The minimum Gasteiger partial charge on any atom is -0.486 e.